The molecule has 7 nitrogen and oxygen atoms in total. The zero-order valence-corrected chi connectivity index (χ0v) is 14.6. The van der Waals surface area contributed by atoms with Crippen LogP contribution in [0.2, 0.25) is 0 Å². The summed E-state index contributed by atoms with van der Waals surface area (Å²) in [6.07, 6.45) is 5.61. The Kier molecular flexibility index (Phi) is 4.30. The summed E-state index contributed by atoms with van der Waals surface area (Å²) in [4.78, 5) is 29.6. The third-order valence-corrected chi connectivity index (χ3v) is 4.92. The molecule has 0 radical (unpaired) electrons. The number of pyridine rings is 1. The van der Waals surface area contributed by atoms with Crippen LogP contribution < -0.4 is 10.9 Å². The Morgan fingerprint density at radius 1 is 1.27 bits per heavy atom. The number of aromatic amines is 1. The molecule has 1 fully saturated rings. The van der Waals surface area contributed by atoms with Gasteiger partial charge in [0.05, 0.1) is 23.5 Å². The van der Waals surface area contributed by atoms with Crippen molar-refractivity contribution >= 4 is 22.5 Å². The van der Waals surface area contributed by atoms with Crippen molar-refractivity contribution < 1.29 is 4.79 Å². The predicted octanol–water partition coefficient (Wildman–Crippen LogP) is 2.24. The number of carbonyl (C=O) groups is 1. The molecule has 134 valence electrons. The highest BCUT2D eigenvalue weighted by Crippen LogP contribution is 2.23. The van der Waals surface area contributed by atoms with E-state index in [0.717, 1.165) is 25.9 Å². The largest absolute Gasteiger partial charge is 0.322 e. The number of nitrogens with zero attached hydrogens (tertiary/aromatic N) is 3. The fourth-order valence-electron chi connectivity index (χ4n) is 3.45. The molecule has 0 spiro atoms. The molecule has 1 aliphatic rings. The highest BCUT2D eigenvalue weighted by Gasteiger charge is 2.19. The molecule has 7 heteroatoms. The van der Waals surface area contributed by atoms with Crippen LogP contribution in [0.4, 0.5) is 5.69 Å². The standard InChI is InChI=1S/C19H21N5O2/c1-23-8-6-14(7-9-23)24-12-13(11-20-24)21-19(26)16-10-18(25)22-17-5-3-2-4-15(16)17/h2-5,10-12,14H,6-9H2,1H3,(H,21,26)(H,22,25). The van der Waals surface area contributed by atoms with Gasteiger partial charge in [0.25, 0.3) is 5.91 Å². The van der Waals surface area contributed by atoms with E-state index in [2.05, 4.69) is 27.3 Å². The van der Waals surface area contributed by atoms with Crippen molar-refractivity contribution in [1.29, 1.82) is 0 Å². The first-order valence-electron chi connectivity index (χ1n) is 8.76. The van der Waals surface area contributed by atoms with Crippen molar-refractivity contribution in [3.63, 3.8) is 0 Å². The number of likely N-dealkylation sites (tertiary alicyclic amines) is 1. The van der Waals surface area contributed by atoms with Gasteiger partial charge in [-0.1, -0.05) is 18.2 Å². The predicted molar refractivity (Wildman–Crippen MR) is 101 cm³/mol. The van der Waals surface area contributed by atoms with Gasteiger partial charge in [0, 0.05) is 23.2 Å². The average Bonchev–Trinajstić information content (AvgIpc) is 3.10. The Balaban J connectivity index is 1.55. The second kappa shape index (κ2) is 6.76. The average molecular weight is 351 g/mol. The lowest BCUT2D eigenvalue weighted by molar-refractivity contribution is 0.102. The fraction of sp³-hybridized carbons (Fsp3) is 0.316. The molecule has 3 heterocycles. The molecular weight excluding hydrogens is 330 g/mol. The Morgan fingerprint density at radius 2 is 2.04 bits per heavy atom. The van der Waals surface area contributed by atoms with Crippen LogP contribution in [0.1, 0.15) is 29.2 Å². The zero-order valence-electron chi connectivity index (χ0n) is 14.6. The first kappa shape index (κ1) is 16.5. The number of rotatable bonds is 3. The van der Waals surface area contributed by atoms with E-state index in [9.17, 15) is 9.59 Å². The summed E-state index contributed by atoms with van der Waals surface area (Å²) in [6.45, 7) is 2.09. The highest BCUT2D eigenvalue weighted by atomic mass is 16.2. The van der Waals surface area contributed by atoms with Gasteiger partial charge >= 0.3 is 0 Å². The number of anilines is 1. The number of H-pyrrole nitrogens is 1. The number of amides is 1. The number of piperidine rings is 1. The van der Waals surface area contributed by atoms with Crippen molar-refractivity contribution in [3.8, 4) is 0 Å². The minimum atomic E-state index is -0.310. The van der Waals surface area contributed by atoms with Gasteiger partial charge in [0.2, 0.25) is 5.56 Å². The molecule has 0 atom stereocenters. The molecular formula is C19H21N5O2. The summed E-state index contributed by atoms with van der Waals surface area (Å²) in [7, 11) is 2.12. The first-order chi connectivity index (χ1) is 12.6. The second-order valence-electron chi connectivity index (χ2n) is 6.79. The van der Waals surface area contributed by atoms with Gasteiger partial charge in [-0.05, 0) is 39.0 Å². The van der Waals surface area contributed by atoms with Gasteiger partial charge < -0.3 is 15.2 Å². The van der Waals surface area contributed by atoms with Crippen LogP contribution >= 0.6 is 0 Å². The molecule has 4 rings (SSSR count). The minimum absolute atomic E-state index is 0.295. The van der Waals surface area contributed by atoms with Crippen LogP contribution in [0.15, 0.2) is 47.5 Å². The van der Waals surface area contributed by atoms with Gasteiger partial charge in [-0.25, -0.2) is 0 Å². The number of nitrogens with one attached hydrogen (secondary N) is 2. The number of benzene rings is 1. The molecule has 0 saturated carbocycles. The number of hydrogen-bond acceptors (Lipinski definition) is 4. The fourth-order valence-corrected chi connectivity index (χ4v) is 3.45. The van der Waals surface area contributed by atoms with Crippen LogP contribution in [0, 0.1) is 0 Å². The maximum atomic E-state index is 12.7. The van der Waals surface area contributed by atoms with E-state index < -0.39 is 0 Å². The minimum Gasteiger partial charge on any atom is -0.322 e. The van der Waals surface area contributed by atoms with Crippen LogP contribution in [-0.2, 0) is 0 Å². The van der Waals surface area contributed by atoms with Crippen LogP contribution in [0.5, 0.6) is 0 Å². The van der Waals surface area contributed by atoms with E-state index in [4.69, 9.17) is 0 Å². The van der Waals surface area contributed by atoms with Crippen LogP contribution in [0.3, 0.4) is 0 Å². The summed E-state index contributed by atoms with van der Waals surface area (Å²) < 4.78 is 1.93. The normalized spacial score (nSPS) is 16.0. The molecule has 2 aromatic heterocycles. The zero-order chi connectivity index (χ0) is 18.1. The molecule has 0 aliphatic carbocycles. The Morgan fingerprint density at radius 3 is 2.85 bits per heavy atom. The third kappa shape index (κ3) is 3.25. The van der Waals surface area contributed by atoms with E-state index in [-0.39, 0.29) is 11.5 Å². The summed E-state index contributed by atoms with van der Waals surface area (Å²) >= 11 is 0. The topological polar surface area (TPSA) is 83.0 Å². The quantitative estimate of drug-likeness (QED) is 0.758. The number of hydrogen-bond donors (Lipinski definition) is 2. The van der Waals surface area contributed by atoms with Crippen molar-refractivity contribution in [2.24, 2.45) is 0 Å². The van der Waals surface area contributed by atoms with E-state index in [1.807, 2.05) is 29.1 Å². The van der Waals surface area contributed by atoms with Crippen molar-refractivity contribution in [2.75, 3.05) is 25.5 Å². The van der Waals surface area contributed by atoms with Gasteiger partial charge in [-0.3, -0.25) is 14.3 Å². The number of fused-ring (bicyclic) bond motifs is 1. The van der Waals surface area contributed by atoms with Gasteiger partial charge in [-0.15, -0.1) is 0 Å². The number of aromatic nitrogens is 3. The highest BCUT2D eigenvalue weighted by molar-refractivity contribution is 6.12. The molecule has 0 bridgehead atoms. The maximum absolute atomic E-state index is 12.7. The number of carbonyl (C=O) groups excluding carboxylic acids is 1. The molecule has 0 unspecified atom stereocenters. The number of para-hydroxylation sites is 1. The Labute approximate surface area is 150 Å². The second-order valence-corrected chi connectivity index (χ2v) is 6.79. The third-order valence-electron chi connectivity index (χ3n) is 4.92. The molecule has 1 amide bonds. The van der Waals surface area contributed by atoms with Crippen molar-refractivity contribution in [3.05, 3.63) is 58.6 Å². The lowest BCUT2D eigenvalue weighted by Gasteiger charge is -2.28. The molecule has 1 aromatic carbocycles. The molecule has 2 N–H and O–H groups in total. The summed E-state index contributed by atoms with van der Waals surface area (Å²) in [5.41, 5.74) is 1.35. The SMILES string of the molecule is CN1CCC(n2cc(NC(=O)c3cc(=O)[nH]c4ccccc34)cn2)CC1. The Hall–Kier alpha value is -2.93. The van der Waals surface area contributed by atoms with Crippen LogP contribution in [0.25, 0.3) is 10.9 Å². The molecule has 1 saturated heterocycles. The van der Waals surface area contributed by atoms with Gasteiger partial charge in [-0.2, -0.15) is 5.10 Å². The van der Waals surface area contributed by atoms with E-state index in [1.165, 1.54) is 6.07 Å². The monoisotopic (exact) mass is 351 g/mol. The lowest BCUT2D eigenvalue weighted by atomic mass is 10.1. The van der Waals surface area contributed by atoms with Crippen molar-refractivity contribution in [2.45, 2.75) is 18.9 Å². The van der Waals surface area contributed by atoms with E-state index >= 15 is 0 Å². The first-order valence-corrected chi connectivity index (χ1v) is 8.76. The molecule has 3 aromatic rings. The van der Waals surface area contributed by atoms with E-state index in [1.54, 1.807) is 12.3 Å². The van der Waals surface area contributed by atoms with Crippen molar-refractivity contribution in [1.82, 2.24) is 19.7 Å². The molecule has 26 heavy (non-hydrogen) atoms. The molecule has 1 aliphatic heterocycles. The van der Waals surface area contributed by atoms with E-state index in [0.29, 0.717) is 28.2 Å². The lowest BCUT2D eigenvalue weighted by Crippen LogP contribution is -2.31. The summed E-state index contributed by atoms with van der Waals surface area (Å²) in [6, 6.07) is 8.96. The summed E-state index contributed by atoms with van der Waals surface area (Å²) in [5.74, 6) is -0.310. The smallest absolute Gasteiger partial charge is 0.256 e. The maximum Gasteiger partial charge on any atom is 0.256 e. The van der Waals surface area contributed by atoms with Crippen LogP contribution in [-0.4, -0.2) is 45.7 Å². The van der Waals surface area contributed by atoms with Gasteiger partial charge in [0.15, 0.2) is 0 Å². The Bertz CT molecular complexity index is 998. The van der Waals surface area contributed by atoms with Gasteiger partial charge in [0.1, 0.15) is 0 Å². The summed E-state index contributed by atoms with van der Waals surface area (Å²) in [5, 5.41) is 7.98.